The highest BCUT2D eigenvalue weighted by molar-refractivity contribution is 5.76. The van der Waals surface area contributed by atoms with E-state index in [1.54, 1.807) is 0 Å². The quantitative estimate of drug-likeness (QED) is 0.0245. The van der Waals surface area contributed by atoms with Gasteiger partial charge in [-0.3, -0.25) is 9.59 Å². The Morgan fingerprint density at radius 3 is 1.33 bits per heavy atom. The topological polar surface area (TPSA) is 95.9 Å². The highest BCUT2D eigenvalue weighted by Gasteiger charge is 2.20. The summed E-state index contributed by atoms with van der Waals surface area (Å²) in [6.07, 6.45) is 59.7. The van der Waals surface area contributed by atoms with Crippen LogP contribution in [0.1, 0.15) is 271 Å². The number of hydrogen-bond acceptors (Lipinski definition) is 5. The Balaban J connectivity index is 3.54. The van der Waals surface area contributed by atoms with E-state index in [1.807, 2.05) is 0 Å². The van der Waals surface area contributed by atoms with Crippen LogP contribution in [0, 0.1) is 0 Å². The van der Waals surface area contributed by atoms with E-state index in [0.717, 1.165) is 77.0 Å². The first-order valence-corrected chi connectivity index (χ1v) is 26.3. The second kappa shape index (κ2) is 49.7. The van der Waals surface area contributed by atoms with Crippen molar-refractivity contribution in [1.82, 2.24) is 5.32 Å². The molecule has 0 fully saturated rings. The third kappa shape index (κ3) is 45.6. The first-order chi connectivity index (χ1) is 29.5. The van der Waals surface area contributed by atoms with Crippen molar-refractivity contribution in [2.45, 2.75) is 283 Å². The summed E-state index contributed by atoms with van der Waals surface area (Å²) >= 11 is 0. The molecule has 0 aliphatic heterocycles. The Morgan fingerprint density at radius 2 is 0.850 bits per heavy atom. The molecule has 0 aromatic carbocycles. The predicted octanol–water partition coefficient (Wildman–Crippen LogP) is 15.7. The van der Waals surface area contributed by atoms with Crippen molar-refractivity contribution in [2.24, 2.45) is 0 Å². The monoisotopic (exact) mass is 844 g/mol. The Morgan fingerprint density at radius 1 is 0.467 bits per heavy atom. The van der Waals surface area contributed by atoms with Crippen LogP contribution in [0.15, 0.2) is 36.5 Å². The molecule has 0 saturated heterocycles. The smallest absolute Gasteiger partial charge is 0.305 e. The Kier molecular flexibility index (Phi) is 48.1. The Hall–Kier alpha value is -1.92. The van der Waals surface area contributed by atoms with E-state index in [2.05, 4.69) is 55.6 Å². The summed E-state index contributed by atoms with van der Waals surface area (Å²) in [4.78, 5) is 24.4. The van der Waals surface area contributed by atoms with Crippen LogP contribution in [-0.2, 0) is 14.3 Å². The number of hydrogen-bond donors (Lipinski definition) is 3. The minimum absolute atomic E-state index is 0.0331. The summed E-state index contributed by atoms with van der Waals surface area (Å²) in [7, 11) is 0. The van der Waals surface area contributed by atoms with E-state index in [4.69, 9.17) is 4.74 Å². The van der Waals surface area contributed by atoms with E-state index < -0.39 is 12.1 Å². The first kappa shape index (κ1) is 58.1. The van der Waals surface area contributed by atoms with Crippen LogP contribution in [0.25, 0.3) is 0 Å². The summed E-state index contributed by atoms with van der Waals surface area (Å²) in [5.74, 6) is -0.0904. The van der Waals surface area contributed by atoms with Gasteiger partial charge in [0.25, 0.3) is 0 Å². The zero-order valence-corrected chi connectivity index (χ0v) is 39.9. The lowest BCUT2D eigenvalue weighted by atomic mass is 10.0. The van der Waals surface area contributed by atoms with Gasteiger partial charge in [0.15, 0.2) is 0 Å². The number of unbranched alkanes of at least 4 members (excludes halogenated alkanes) is 32. The Labute approximate surface area is 373 Å². The fourth-order valence-corrected chi connectivity index (χ4v) is 7.85. The minimum atomic E-state index is -0.679. The van der Waals surface area contributed by atoms with Gasteiger partial charge in [-0.15, -0.1) is 0 Å². The molecule has 1 amide bonds. The molecule has 0 spiro atoms. The van der Waals surface area contributed by atoms with Crippen molar-refractivity contribution < 1.29 is 24.5 Å². The normalized spacial score (nSPS) is 12.9. The van der Waals surface area contributed by atoms with E-state index in [1.165, 1.54) is 161 Å². The van der Waals surface area contributed by atoms with Crippen LogP contribution >= 0.6 is 0 Å². The summed E-state index contributed by atoms with van der Waals surface area (Å²) in [5.41, 5.74) is 0. The minimum Gasteiger partial charge on any atom is -0.466 e. The molecule has 0 rings (SSSR count). The number of allylic oxidation sites excluding steroid dienone is 6. The van der Waals surface area contributed by atoms with Crippen LogP contribution in [0.5, 0.6) is 0 Å². The molecule has 6 nitrogen and oxygen atoms in total. The van der Waals surface area contributed by atoms with Crippen LogP contribution in [0.3, 0.4) is 0 Å². The molecule has 2 unspecified atom stereocenters. The molecule has 0 aromatic heterocycles. The van der Waals surface area contributed by atoms with E-state index in [0.29, 0.717) is 25.9 Å². The molecule has 0 aromatic rings. The number of esters is 1. The van der Waals surface area contributed by atoms with E-state index in [-0.39, 0.29) is 18.5 Å². The Bertz CT molecular complexity index is 977. The molecule has 0 heterocycles. The number of aliphatic hydroxyl groups is 2. The average Bonchev–Trinajstić information content (AvgIpc) is 3.25. The van der Waals surface area contributed by atoms with Gasteiger partial charge in [0.2, 0.25) is 5.91 Å². The van der Waals surface area contributed by atoms with Gasteiger partial charge in [0, 0.05) is 12.8 Å². The van der Waals surface area contributed by atoms with Gasteiger partial charge in [0.1, 0.15) is 0 Å². The molecule has 0 radical (unpaired) electrons. The molecular formula is C54H101NO5. The van der Waals surface area contributed by atoms with Crippen molar-refractivity contribution in [3.8, 4) is 0 Å². The maximum atomic E-state index is 12.5. The molecule has 60 heavy (non-hydrogen) atoms. The molecular weight excluding hydrogens is 743 g/mol. The van der Waals surface area contributed by atoms with Crippen molar-refractivity contribution in [3.63, 3.8) is 0 Å². The number of aliphatic hydroxyl groups excluding tert-OH is 2. The van der Waals surface area contributed by atoms with Crippen molar-refractivity contribution in [2.75, 3.05) is 13.2 Å². The highest BCUT2D eigenvalue weighted by atomic mass is 16.5. The van der Waals surface area contributed by atoms with Gasteiger partial charge in [-0.25, -0.2) is 0 Å². The second-order valence-corrected chi connectivity index (χ2v) is 17.9. The maximum Gasteiger partial charge on any atom is 0.305 e. The molecule has 0 aliphatic rings. The van der Waals surface area contributed by atoms with Crippen LogP contribution < -0.4 is 5.32 Å². The molecule has 352 valence electrons. The van der Waals surface area contributed by atoms with Crippen molar-refractivity contribution >= 4 is 11.9 Å². The standard InChI is InChI=1S/C54H101NO5/c1-3-5-7-9-11-13-15-16-17-18-20-23-27-30-34-38-42-46-52(57)51(50-56)55-53(58)47-43-39-35-31-28-24-21-19-22-25-29-33-37-41-45-49-60-54(59)48-44-40-36-32-26-14-12-10-8-6-4-2/h10,12,19,22,25,29,51-52,56-57H,3-9,11,13-18,20-21,23-24,26-28,30-50H2,1-2H3,(H,55,58)/b12-10-,22-19-,29-25-. The lowest BCUT2D eigenvalue weighted by Crippen LogP contribution is -2.45. The molecule has 0 bridgehead atoms. The highest BCUT2D eigenvalue weighted by Crippen LogP contribution is 2.16. The molecule has 2 atom stereocenters. The lowest BCUT2D eigenvalue weighted by molar-refractivity contribution is -0.143. The summed E-state index contributed by atoms with van der Waals surface area (Å²) in [6, 6.07) is -0.558. The summed E-state index contributed by atoms with van der Waals surface area (Å²) in [5, 5.41) is 23.2. The SMILES string of the molecule is CCCC/C=C\CCCCCCCC(=O)OCCCCC/C=C\C=C/CCCCCCCCC(=O)NC(CO)C(O)CCCCCCCCCCCCCCCCCCC. The van der Waals surface area contributed by atoms with Crippen molar-refractivity contribution in [1.29, 1.82) is 0 Å². The van der Waals surface area contributed by atoms with E-state index in [9.17, 15) is 19.8 Å². The fraction of sp³-hybridized carbons (Fsp3) is 0.852. The van der Waals surface area contributed by atoms with Gasteiger partial charge in [-0.2, -0.15) is 0 Å². The van der Waals surface area contributed by atoms with Gasteiger partial charge in [-0.05, 0) is 77.0 Å². The largest absolute Gasteiger partial charge is 0.466 e. The first-order valence-electron chi connectivity index (χ1n) is 26.3. The summed E-state index contributed by atoms with van der Waals surface area (Å²) in [6.45, 7) is 4.85. The number of carbonyl (C=O) groups excluding carboxylic acids is 2. The van der Waals surface area contributed by atoms with Gasteiger partial charge in [0.05, 0.1) is 25.4 Å². The zero-order chi connectivity index (χ0) is 43.7. The molecule has 0 aliphatic carbocycles. The number of ether oxygens (including phenoxy) is 1. The van der Waals surface area contributed by atoms with Crippen LogP contribution in [0.4, 0.5) is 0 Å². The number of nitrogens with one attached hydrogen (secondary N) is 1. The third-order valence-electron chi connectivity index (χ3n) is 11.9. The maximum absolute atomic E-state index is 12.5. The average molecular weight is 844 g/mol. The fourth-order valence-electron chi connectivity index (χ4n) is 7.85. The number of carbonyl (C=O) groups is 2. The zero-order valence-electron chi connectivity index (χ0n) is 39.9. The molecule has 6 heteroatoms. The lowest BCUT2D eigenvalue weighted by Gasteiger charge is -2.22. The van der Waals surface area contributed by atoms with Gasteiger partial charge < -0.3 is 20.3 Å². The van der Waals surface area contributed by atoms with Crippen LogP contribution in [0.2, 0.25) is 0 Å². The van der Waals surface area contributed by atoms with E-state index >= 15 is 0 Å². The molecule has 0 saturated carbocycles. The number of amides is 1. The van der Waals surface area contributed by atoms with Crippen LogP contribution in [-0.4, -0.2) is 47.4 Å². The number of rotatable bonds is 48. The third-order valence-corrected chi connectivity index (χ3v) is 11.9. The second-order valence-electron chi connectivity index (χ2n) is 17.9. The summed E-state index contributed by atoms with van der Waals surface area (Å²) < 4.78 is 5.41. The van der Waals surface area contributed by atoms with Crippen molar-refractivity contribution in [3.05, 3.63) is 36.5 Å². The van der Waals surface area contributed by atoms with Gasteiger partial charge >= 0.3 is 5.97 Å². The predicted molar refractivity (Wildman–Crippen MR) is 259 cm³/mol. The van der Waals surface area contributed by atoms with Gasteiger partial charge in [-0.1, -0.05) is 217 Å². The molecule has 3 N–H and O–H groups in total.